The highest BCUT2D eigenvalue weighted by Crippen LogP contribution is 2.12. The molecule has 0 aromatic heterocycles. The third-order valence-electron chi connectivity index (χ3n) is 5.44. The topological polar surface area (TPSA) is 35.5 Å². The summed E-state index contributed by atoms with van der Waals surface area (Å²) in [6, 6.07) is 0. The molecule has 0 unspecified atom stereocenters. The fourth-order valence-corrected chi connectivity index (χ4v) is 3.53. The van der Waals surface area contributed by atoms with Crippen molar-refractivity contribution in [2.75, 3.05) is 13.2 Å². The van der Waals surface area contributed by atoms with Crippen LogP contribution in [0.1, 0.15) is 142 Å². The molecule has 0 rings (SSSR count). The van der Waals surface area contributed by atoms with Gasteiger partial charge < -0.3 is 9.47 Å². The van der Waals surface area contributed by atoms with Crippen LogP contribution < -0.4 is 0 Å². The molecule has 0 aromatic rings. The van der Waals surface area contributed by atoms with Gasteiger partial charge in [0, 0.05) is 0 Å². The van der Waals surface area contributed by atoms with Crippen molar-refractivity contribution in [2.45, 2.75) is 142 Å². The van der Waals surface area contributed by atoms with Crippen LogP contribution in [0, 0.1) is 0 Å². The summed E-state index contributed by atoms with van der Waals surface area (Å²) in [7, 11) is 0. The Balaban J connectivity index is 3.13. The Hall–Kier alpha value is -0.730. The molecule has 0 atom stereocenters. The lowest BCUT2D eigenvalue weighted by Crippen LogP contribution is -2.09. The van der Waals surface area contributed by atoms with Gasteiger partial charge in [-0.2, -0.15) is 0 Å². The Morgan fingerprint density at radius 2 is 0.679 bits per heavy atom. The summed E-state index contributed by atoms with van der Waals surface area (Å²) in [6.07, 6.45) is 25.3. The van der Waals surface area contributed by atoms with Gasteiger partial charge in [0.2, 0.25) is 0 Å². The third kappa shape index (κ3) is 23.3. The molecule has 0 aliphatic carbocycles. The van der Waals surface area contributed by atoms with Gasteiger partial charge in [-0.3, -0.25) is 0 Å². The second-order valence-electron chi connectivity index (χ2n) is 8.31. The minimum absolute atomic E-state index is 0.480. The molecule has 0 N–H and O–H groups in total. The van der Waals surface area contributed by atoms with E-state index in [1.165, 1.54) is 103 Å². The summed E-state index contributed by atoms with van der Waals surface area (Å²) in [6.45, 7) is 5.53. The van der Waals surface area contributed by atoms with Crippen LogP contribution in [0.3, 0.4) is 0 Å². The van der Waals surface area contributed by atoms with E-state index >= 15 is 0 Å². The predicted octanol–water partition coefficient (Wildman–Crippen LogP) is 8.98. The molecule has 168 valence electrons. The molecule has 0 spiro atoms. The van der Waals surface area contributed by atoms with Gasteiger partial charge in [-0.15, -0.1) is 0 Å². The van der Waals surface area contributed by atoms with Gasteiger partial charge in [0.1, 0.15) is 0 Å². The molecule has 28 heavy (non-hydrogen) atoms. The molecule has 0 aromatic carbocycles. The SMILES string of the molecule is CCCCCCCCCCCCCOC(=O)OCCCCCCCCCCC. The number of ether oxygens (including phenoxy) is 2. The molecule has 0 heterocycles. The Morgan fingerprint density at radius 3 is 0.964 bits per heavy atom. The van der Waals surface area contributed by atoms with Crippen molar-refractivity contribution in [1.29, 1.82) is 0 Å². The first kappa shape index (κ1) is 27.3. The minimum atomic E-state index is -0.480. The molecule has 0 saturated heterocycles. The molecule has 0 amide bonds. The maximum absolute atomic E-state index is 11.5. The first-order chi connectivity index (χ1) is 13.8. The second kappa shape index (κ2) is 24.3. The van der Waals surface area contributed by atoms with Crippen LogP contribution in [0.2, 0.25) is 0 Å². The van der Waals surface area contributed by atoms with E-state index in [9.17, 15) is 4.79 Å². The standard InChI is InChI=1S/C25H50O3/c1-3-5-7-9-11-13-14-16-18-20-22-24-28-25(26)27-23-21-19-17-15-12-10-8-6-4-2/h3-24H2,1-2H3. The van der Waals surface area contributed by atoms with Gasteiger partial charge in [-0.1, -0.05) is 129 Å². The molecule has 0 bridgehead atoms. The van der Waals surface area contributed by atoms with E-state index in [0.29, 0.717) is 13.2 Å². The van der Waals surface area contributed by atoms with E-state index in [4.69, 9.17) is 9.47 Å². The van der Waals surface area contributed by atoms with Crippen molar-refractivity contribution in [3.8, 4) is 0 Å². The van der Waals surface area contributed by atoms with Crippen molar-refractivity contribution in [3.63, 3.8) is 0 Å². The molecule has 0 saturated carbocycles. The van der Waals surface area contributed by atoms with Crippen LogP contribution >= 0.6 is 0 Å². The van der Waals surface area contributed by atoms with E-state index in [0.717, 1.165) is 25.7 Å². The monoisotopic (exact) mass is 398 g/mol. The zero-order chi connectivity index (χ0) is 20.5. The lowest BCUT2D eigenvalue weighted by molar-refractivity contribution is 0.0529. The molecular formula is C25H50O3. The normalized spacial score (nSPS) is 10.9. The molecule has 0 aliphatic rings. The molecular weight excluding hydrogens is 348 g/mol. The van der Waals surface area contributed by atoms with Gasteiger partial charge in [-0.05, 0) is 12.8 Å². The Bertz CT molecular complexity index is 304. The molecule has 3 heteroatoms. The van der Waals surface area contributed by atoms with Gasteiger partial charge >= 0.3 is 6.16 Å². The van der Waals surface area contributed by atoms with Crippen molar-refractivity contribution in [2.24, 2.45) is 0 Å². The summed E-state index contributed by atoms with van der Waals surface area (Å²) >= 11 is 0. The Labute approximate surface area is 176 Å². The smallest absolute Gasteiger partial charge is 0.434 e. The molecule has 0 fully saturated rings. The van der Waals surface area contributed by atoms with Crippen LogP contribution in [0.5, 0.6) is 0 Å². The van der Waals surface area contributed by atoms with Gasteiger partial charge in [-0.25, -0.2) is 4.79 Å². The number of hydrogen-bond acceptors (Lipinski definition) is 3. The number of unbranched alkanes of at least 4 members (excludes halogenated alkanes) is 18. The van der Waals surface area contributed by atoms with E-state index < -0.39 is 6.16 Å². The predicted molar refractivity (Wildman–Crippen MR) is 121 cm³/mol. The second-order valence-corrected chi connectivity index (χ2v) is 8.31. The van der Waals surface area contributed by atoms with Crippen LogP contribution in [0.4, 0.5) is 4.79 Å². The maximum Gasteiger partial charge on any atom is 0.508 e. The first-order valence-electron chi connectivity index (χ1n) is 12.6. The maximum atomic E-state index is 11.5. The fraction of sp³-hybridized carbons (Fsp3) is 0.960. The lowest BCUT2D eigenvalue weighted by atomic mass is 10.1. The van der Waals surface area contributed by atoms with Gasteiger partial charge in [0.25, 0.3) is 0 Å². The van der Waals surface area contributed by atoms with Gasteiger partial charge in [0.05, 0.1) is 13.2 Å². The quantitative estimate of drug-likeness (QED) is 0.135. The van der Waals surface area contributed by atoms with E-state index in [1.807, 2.05) is 0 Å². The average molecular weight is 399 g/mol. The summed E-state index contributed by atoms with van der Waals surface area (Å²) in [5.74, 6) is 0. The fourth-order valence-electron chi connectivity index (χ4n) is 3.53. The van der Waals surface area contributed by atoms with E-state index in [-0.39, 0.29) is 0 Å². The van der Waals surface area contributed by atoms with Crippen LogP contribution in [-0.2, 0) is 9.47 Å². The number of rotatable bonds is 22. The number of carbonyl (C=O) groups is 1. The summed E-state index contributed by atoms with van der Waals surface area (Å²) in [5.41, 5.74) is 0. The highest BCUT2D eigenvalue weighted by Gasteiger charge is 2.03. The van der Waals surface area contributed by atoms with Crippen LogP contribution in [0.25, 0.3) is 0 Å². The Morgan fingerprint density at radius 1 is 0.429 bits per heavy atom. The minimum Gasteiger partial charge on any atom is -0.434 e. The van der Waals surface area contributed by atoms with E-state index in [2.05, 4.69) is 13.8 Å². The number of carbonyl (C=O) groups excluding carboxylic acids is 1. The summed E-state index contributed by atoms with van der Waals surface area (Å²) < 4.78 is 10.3. The summed E-state index contributed by atoms with van der Waals surface area (Å²) in [5, 5.41) is 0. The van der Waals surface area contributed by atoms with E-state index in [1.54, 1.807) is 0 Å². The molecule has 0 radical (unpaired) electrons. The van der Waals surface area contributed by atoms with Crippen molar-refractivity contribution in [1.82, 2.24) is 0 Å². The third-order valence-corrected chi connectivity index (χ3v) is 5.44. The summed E-state index contributed by atoms with van der Waals surface area (Å²) in [4.78, 5) is 11.5. The Kier molecular flexibility index (Phi) is 23.7. The van der Waals surface area contributed by atoms with Crippen molar-refractivity contribution < 1.29 is 14.3 Å². The first-order valence-corrected chi connectivity index (χ1v) is 12.6. The molecule has 0 aliphatic heterocycles. The van der Waals surface area contributed by atoms with Gasteiger partial charge in [0.15, 0.2) is 0 Å². The van der Waals surface area contributed by atoms with Crippen molar-refractivity contribution >= 4 is 6.16 Å². The zero-order valence-electron chi connectivity index (χ0n) is 19.3. The number of hydrogen-bond donors (Lipinski definition) is 0. The van der Waals surface area contributed by atoms with Crippen LogP contribution in [-0.4, -0.2) is 19.4 Å². The van der Waals surface area contributed by atoms with Crippen LogP contribution in [0.15, 0.2) is 0 Å². The average Bonchev–Trinajstić information content (AvgIpc) is 2.70. The highest BCUT2D eigenvalue weighted by molar-refractivity contribution is 5.59. The molecule has 3 nitrogen and oxygen atoms in total. The highest BCUT2D eigenvalue weighted by atomic mass is 16.7. The van der Waals surface area contributed by atoms with Crippen molar-refractivity contribution in [3.05, 3.63) is 0 Å². The largest absolute Gasteiger partial charge is 0.508 e. The lowest BCUT2D eigenvalue weighted by Gasteiger charge is -2.06. The zero-order valence-corrected chi connectivity index (χ0v) is 19.3.